The second-order valence-corrected chi connectivity index (χ2v) is 5.17. The number of anilines is 1. The summed E-state index contributed by atoms with van der Waals surface area (Å²) in [6.07, 6.45) is -1.01. The van der Waals surface area contributed by atoms with Gasteiger partial charge in [0, 0.05) is 5.69 Å². The molecule has 0 saturated carbocycles. The summed E-state index contributed by atoms with van der Waals surface area (Å²) >= 11 is 0. The number of aryl methyl sites for hydroxylation is 1. The summed E-state index contributed by atoms with van der Waals surface area (Å²) in [5, 5.41) is 2.87. The second kappa shape index (κ2) is 5.48. The first-order valence-electron chi connectivity index (χ1n) is 6.93. The molecule has 0 fully saturated rings. The first-order valence-corrected chi connectivity index (χ1v) is 6.93. The average molecular weight is 283 g/mol. The number of hydrogen-bond donors (Lipinski definition) is 1. The molecule has 2 aromatic carbocycles. The van der Waals surface area contributed by atoms with Crippen molar-refractivity contribution < 1.29 is 14.3 Å². The number of benzene rings is 2. The van der Waals surface area contributed by atoms with Crippen molar-refractivity contribution >= 4 is 11.6 Å². The first kappa shape index (κ1) is 13.5. The highest BCUT2D eigenvalue weighted by Gasteiger charge is 2.34. The minimum atomic E-state index is -0.666. The Morgan fingerprint density at radius 1 is 1.05 bits per heavy atom. The molecule has 4 heteroatoms. The Bertz CT molecular complexity index is 669. The van der Waals surface area contributed by atoms with Crippen LogP contribution < -0.4 is 14.8 Å². The van der Waals surface area contributed by atoms with Crippen molar-refractivity contribution in [3.8, 4) is 11.5 Å². The molecule has 0 aliphatic carbocycles. The Balaban J connectivity index is 1.76. The van der Waals surface area contributed by atoms with Gasteiger partial charge in [0.25, 0.3) is 5.91 Å². The van der Waals surface area contributed by atoms with E-state index >= 15 is 0 Å². The number of amides is 1. The molecule has 2 atom stereocenters. The number of nitrogens with one attached hydrogen (secondary N) is 1. The fourth-order valence-electron chi connectivity index (χ4n) is 2.34. The summed E-state index contributed by atoms with van der Waals surface area (Å²) in [7, 11) is 0. The predicted molar refractivity (Wildman–Crippen MR) is 80.8 cm³/mol. The predicted octanol–water partition coefficient (Wildman–Crippen LogP) is 3.16. The zero-order valence-electron chi connectivity index (χ0n) is 12.0. The lowest BCUT2D eigenvalue weighted by molar-refractivity contribution is -0.128. The Hall–Kier alpha value is -2.49. The molecule has 1 aliphatic heterocycles. The van der Waals surface area contributed by atoms with E-state index in [1.165, 1.54) is 0 Å². The van der Waals surface area contributed by atoms with Crippen molar-refractivity contribution in [1.82, 2.24) is 0 Å². The van der Waals surface area contributed by atoms with Gasteiger partial charge in [0.1, 0.15) is 6.10 Å². The largest absolute Gasteiger partial charge is 0.482 e. The lowest BCUT2D eigenvalue weighted by Gasteiger charge is -2.31. The molecule has 2 aromatic rings. The Morgan fingerprint density at radius 3 is 2.48 bits per heavy atom. The summed E-state index contributed by atoms with van der Waals surface area (Å²) in [6, 6.07) is 15.0. The van der Waals surface area contributed by atoms with E-state index in [4.69, 9.17) is 9.47 Å². The van der Waals surface area contributed by atoms with Crippen LogP contribution in [0.25, 0.3) is 0 Å². The van der Waals surface area contributed by atoms with Crippen molar-refractivity contribution in [2.45, 2.75) is 26.1 Å². The van der Waals surface area contributed by atoms with Gasteiger partial charge in [-0.3, -0.25) is 4.79 Å². The van der Waals surface area contributed by atoms with Crippen LogP contribution in [0.3, 0.4) is 0 Å². The maximum atomic E-state index is 12.4. The SMILES string of the molecule is Cc1cccc(NC(=O)[C@H]2Oc3ccccc3O[C@H]2C)c1. The molecular formula is C17H17NO3. The highest BCUT2D eigenvalue weighted by atomic mass is 16.6. The van der Waals surface area contributed by atoms with Crippen molar-refractivity contribution in [1.29, 1.82) is 0 Å². The van der Waals surface area contributed by atoms with Gasteiger partial charge in [-0.05, 0) is 43.7 Å². The average Bonchev–Trinajstić information content (AvgIpc) is 2.46. The molecule has 1 aliphatic rings. The number of ether oxygens (including phenoxy) is 2. The van der Waals surface area contributed by atoms with Crippen LogP contribution in [0.1, 0.15) is 12.5 Å². The van der Waals surface area contributed by atoms with Crippen LogP contribution in [0.15, 0.2) is 48.5 Å². The molecule has 4 nitrogen and oxygen atoms in total. The van der Waals surface area contributed by atoms with Gasteiger partial charge < -0.3 is 14.8 Å². The van der Waals surface area contributed by atoms with E-state index in [1.54, 1.807) is 6.07 Å². The standard InChI is InChI=1S/C17H17NO3/c1-11-6-5-7-13(10-11)18-17(19)16-12(2)20-14-8-3-4-9-15(14)21-16/h3-10,12,16H,1-2H3,(H,18,19)/t12-,16-/m0/s1. The molecule has 3 rings (SSSR count). The Labute approximate surface area is 123 Å². The summed E-state index contributed by atoms with van der Waals surface area (Å²) < 4.78 is 11.5. The smallest absolute Gasteiger partial charge is 0.269 e. The van der Waals surface area contributed by atoms with E-state index in [9.17, 15) is 4.79 Å². The molecule has 0 bridgehead atoms. The molecule has 108 valence electrons. The van der Waals surface area contributed by atoms with E-state index in [0.717, 1.165) is 11.3 Å². The lowest BCUT2D eigenvalue weighted by atomic mass is 10.1. The van der Waals surface area contributed by atoms with Crippen LogP contribution in [0, 0.1) is 6.92 Å². The third-order valence-electron chi connectivity index (χ3n) is 3.39. The maximum absolute atomic E-state index is 12.4. The van der Waals surface area contributed by atoms with Gasteiger partial charge in [0.15, 0.2) is 11.5 Å². The van der Waals surface area contributed by atoms with Gasteiger partial charge in [0.2, 0.25) is 6.10 Å². The molecule has 1 N–H and O–H groups in total. The number of fused-ring (bicyclic) bond motifs is 1. The quantitative estimate of drug-likeness (QED) is 0.921. The molecule has 0 radical (unpaired) electrons. The zero-order chi connectivity index (χ0) is 14.8. The Kier molecular flexibility index (Phi) is 3.52. The van der Waals surface area contributed by atoms with Crippen molar-refractivity contribution in [3.05, 3.63) is 54.1 Å². The van der Waals surface area contributed by atoms with Crippen molar-refractivity contribution in [2.75, 3.05) is 5.32 Å². The molecule has 0 saturated heterocycles. The van der Waals surface area contributed by atoms with E-state index in [2.05, 4.69) is 5.32 Å². The van der Waals surface area contributed by atoms with Gasteiger partial charge in [-0.25, -0.2) is 0 Å². The minimum absolute atomic E-state index is 0.206. The maximum Gasteiger partial charge on any atom is 0.269 e. The summed E-state index contributed by atoms with van der Waals surface area (Å²) in [6.45, 7) is 3.81. The summed E-state index contributed by atoms with van der Waals surface area (Å²) in [4.78, 5) is 12.4. The lowest BCUT2D eigenvalue weighted by Crippen LogP contribution is -2.46. The van der Waals surface area contributed by atoms with Gasteiger partial charge >= 0.3 is 0 Å². The number of rotatable bonds is 2. The summed E-state index contributed by atoms with van der Waals surface area (Å²) in [5.41, 5.74) is 1.85. The number of hydrogen-bond acceptors (Lipinski definition) is 3. The summed E-state index contributed by atoms with van der Waals surface area (Å²) in [5.74, 6) is 1.06. The van der Waals surface area contributed by atoms with E-state index < -0.39 is 6.10 Å². The topological polar surface area (TPSA) is 47.6 Å². The normalized spacial score (nSPS) is 19.9. The number of para-hydroxylation sites is 2. The van der Waals surface area contributed by atoms with E-state index in [-0.39, 0.29) is 12.0 Å². The third kappa shape index (κ3) is 2.84. The molecular weight excluding hydrogens is 266 g/mol. The van der Waals surface area contributed by atoms with Crippen LogP contribution in [0.5, 0.6) is 11.5 Å². The first-order chi connectivity index (χ1) is 10.1. The monoisotopic (exact) mass is 283 g/mol. The van der Waals surface area contributed by atoms with Gasteiger partial charge in [-0.1, -0.05) is 24.3 Å². The van der Waals surface area contributed by atoms with E-state index in [0.29, 0.717) is 11.5 Å². The van der Waals surface area contributed by atoms with Crippen molar-refractivity contribution in [3.63, 3.8) is 0 Å². The Morgan fingerprint density at radius 2 is 1.76 bits per heavy atom. The number of carbonyl (C=O) groups excluding carboxylic acids is 1. The molecule has 0 aromatic heterocycles. The molecule has 1 amide bonds. The number of carbonyl (C=O) groups is 1. The second-order valence-electron chi connectivity index (χ2n) is 5.17. The van der Waals surface area contributed by atoms with Crippen LogP contribution in [-0.2, 0) is 4.79 Å². The molecule has 21 heavy (non-hydrogen) atoms. The van der Waals surface area contributed by atoms with Crippen molar-refractivity contribution in [2.24, 2.45) is 0 Å². The van der Waals surface area contributed by atoms with Crippen LogP contribution in [0.4, 0.5) is 5.69 Å². The molecule has 1 heterocycles. The van der Waals surface area contributed by atoms with Crippen LogP contribution in [0.2, 0.25) is 0 Å². The highest BCUT2D eigenvalue weighted by molar-refractivity contribution is 5.95. The fourth-order valence-corrected chi connectivity index (χ4v) is 2.34. The molecule has 0 spiro atoms. The van der Waals surface area contributed by atoms with Crippen LogP contribution >= 0.6 is 0 Å². The third-order valence-corrected chi connectivity index (χ3v) is 3.39. The minimum Gasteiger partial charge on any atom is -0.482 e. The fraction of sp³-hybridized carbons (Fsp3) is 0.235. The van der Waals surface area contributed by atoms with Gasteiger partial charge in [-0.15, -0.1) is 0 Å². The highest BCUT2D eigenvalue weighted by Crippen LogP contribution is 2.33. The van der Waals surface area contributed by atoms with Crippen LogP contribution in [-0.4, -0.2) is 18.1 Å². The van der Waals surface area contributed by atoms with E-state index in [1.807, 2.05) is 56.3 Å². The zero-order valence-corrected chi connectivity index (χ0v) is 12.0. The van der Waals surface area contributed by atoms with Gasteiger partial charge in [-0.2, -0.15) is 0 Å². The molecule has 0 unspecified atom stereocenters. The van der Waals surface area contributed by atoms with Gasteiger partial charge in [0.05, 0.1) is 0 Å².